The molecule has 0 aliphatic carbocycles. The summed E-state index contributed by atoms with van der Waals surface area (Å²) in [4.78, 5) is 132. The number of carbonyl (C=O) groups excluding carboxylic acids is 9. The van der Waals surface area contributed by atoms with Gasteiger partial charge in [0.1, 0.15) is 42.3 Å². The number of hydrogen-bond donors (Lipinski definition) is 12. The summed E-state index contributed by atoms with van der Waals surface area (Å²) in [6, 6.07) is -0.324. The van der Waals surface area contributed by atoms with Crippen LogP contribution in [0.5, 0.6) is 0 Å². The van der Waals surface area contributed by atoms with Gasteiger partial charge in [-0.15, -0.1) is 0 Å². The fourth-order valence-electron chi connectivity index (χ4n) is 6.58. The highest BCUT2D eigenvalue weighted by molar-refractivity contribution is 5.98. The van der Waals surface area contributed by atoms with Gasteiger partial charge < -0.3 is 64.7 Å². The van der Waals surface area contributed by atoms with Crippen molar-refractivity contribution in [1.82, 2.24) is 52.5 Å². The topological polar surface area (TPSA) is 369 Å². The molecule has 1 saturated heterocycles. The highest BCUT2D eigenvalue weighted by atomic mass is 16.2. The van der Waals surface area contributed by atoms with Crippen LogP contribution in [0.4, 0.5) is 0 Å². The number of imidazole rings is 1. The second-order valence-electron chi connectivity index (χ2n) is 15.4. The van der Waals surface area contributed by atoms with E-state index >= 15 is 0 Å². The first-order chi connectivity index (χ1) is 30.5. The molecule has 1 fully saturated rings. The molecule has 64 heavy (non-hydrogen) atoms. The van der Waals surface area contributed by atoms with Crippen molar-refractivity contribution in [3.63, 3.8) is 0 Å². The molecule has 23 heteroatoms. The van der Waals surface area contributed by atoms with E-state index in [-0.39, 0.29) is 70.4 Å². The zero-order chi connectivity index (χ0) is 47.2. The molecular weight excluding hydrogens is 833 g/mol. The maximum atomic E-state index is 14.3. The van der Waals surface area contributed by atoms with Gasteiger partial charge in [-0.25, -0.2) is 4.98 Å². The first kappa shape index (κ1) is 51.3. The third-order valence-electron chi connectivity index (χ3n) is 10.1. The number of rotatable bonds is 17. The lowest BCUT2D eigenvalue weighted by Crippen LogP contribution is -2.60. The van der Waals surface area contributed by atoms with E-state index in [4.69, 9.17) is 17.2 Å². The standard InChI is InChI=1S/C41H62N14O9/c1-4-5-12-27(50-24(3)56)36(60)52-29-14-15-33(57)46-18-16-30(35(59)49-23(2)34(42)58)53-37(61)28(13-9-17-47-41(43)44)51-39(63)31(19-25-10-7-6-8-11-25)54-40(64)32(55-38(29)62)20-26-21-45-22-48-26/h6-8,10-11,21-23,27-32H,4-5,9,12-20H2,1-3H3,(H2,42,58)(H,45,48)(H,46,57)(H,49,59)(H,50,56)(H,51,63)(H,52,60)(H,53,61)(H,54,64)(H,55,62)(H4,43,44,47). The van der Waals surface area contributed by atoms with E-state index in [1.165, 1.54) is 26.4 Å². The van der Waals surface area contributed by atoms with Gasteiger partial charge in [-0.1, -0.05) is 50.1 Å². The molecule has 3 rings (SSSR count). The fraction of sp³-hybridized carbons (Fsp3) is 0.537. The zero-order valence-corrected chi connectivity index (χ0v) is 36.4. The van der Waals surface area contributed by atoms with Crippen molar-refractivity contribution in [2.24, 2.45) is 22.2 Å². The Labute approximate surface area is 370 Å². The number of nitrogens with one attached hydrogen (secondary N) is 9. The van der Waals surface area contributed by atoms with Crippen LogP contribution in [0.2, 0.25) is 0 Å². The third kappa shape index (κ3) is 18.1. The van der Waals surface area contributed by atoms with Crippen molar-refractivity contribution in [3.05, 3.63) is 54.1 Å². The van der Waals surface area contributed by atoms with Gasteiger partial charge in [0.2, 0.25) is 53.2 Å². The van der Waals surface area contributed by atoms with Crippen LogP contribution in [0.3, 0.4) is 0 Å². The van der Waals surface area contributed by atoms with Crippen LogP contribution in [0.15, 0.2) is 47.8 Å². The number of primary amides is 1. The molecule has 7 atom stereocenters. The van der Waals surface area contributed by atoms with Crippen LogP contribution in [0.1, 0.15) is 83.4 Å². The SMILES string of the molecule is CCCCC(NC(C)=O)C(=O)NC1CCC(=O)NCCC(C(=O)NC(C)C(N)=O)NC(=O)C(CCCN=C(N)N)NC(=O)C(Cc2ccccc2)NC(=O)C(Cc2cnc[nH]2)NC1=O. The molecule has 0 saturated carbocycles. The molecule has 350 valence electrons. The summed E-state index contributed by atoms with van der Waals surface area (Å²) in [7, 11) is 0. The third-order valence-corrected chi connectivity index (χ3v) is 10.1. The smallest absolute Gasteiger partial charge is 0.243 e. The summed E-state index contributed by atoms with van der Waals surface area (Å²) in [5.41, 5.74) is 17.4. The summed E-state index contributed by atoms with van der Waals surface area (Å²) >= 11 is 0. The van der Waals surface area contributed by atoms with Crippen LogP contribution in [0.25, 0.3) is 0 Å². The maximum absolute atomic E-state index is 14.3. The minimum Gasteiger partial charge on any atom is -0.370 e. The second kappa shape index (κ2) is 26.4. The van der Waals surface area contributed by atoms with Crippen molar-refractivity contribution in [2.45, 2.75) is 127 Å². The number of unbranched alkanes of at least 4 members (excludes halogenated alkanes) is 1. The Bertz CT molecular complexity index is 1940. The number of guanidine groups is 1. The van der Waals surface area contributed by atoms with Gasteiger partial charge in [0.25, 0.3) is 0 Å². The molecule has 1 aliphatic heterocycles. The highest BCUT2D eigenvalue weighted by Crippen LogP contribution is 2.11. The van der Waals surface area contributed by atoms with Crippen molar-refractivity contribution in [1.29, 1.82) is 0 Å². The Hall–Kier alpha value is -7.07. The van der Waals surface area contributed by atoms with Crippen molar-refractivity contribution >= 4 is 59.1 Å². The van der Waals surface area contributed by atoms with E-state index in [1.807, 2.05) is 6.92 Å². The predicted octanol–water partition coefficient (Wildman–Crippen LogP) is -3.34. The van der Waals surface area contributed by atoms with Gasteiger partial charge in [0, 0.05) is 51.2 Å². The lowest BCUT2D eigenvalue weighted by Gasteiger charge is -2.27. The average Bonchev–Trinajstić information content (AvgIpc) is 3.76. The van der Waals surface area contributed by atoms with E-state index < -0.39 is 95.5 Å². The number of aliphatic imine (C=N–C) groups is 1. The van der Waals surface area contributed by atoms with Gasteiger partial charge in [-0.05, 0) is 44.6 Å². The van der Waals surface area contributed by atoms with Crippen molar-refractivity contribution in [3.8, 4) is 0 Å². The molecule has 23 nitrogen and oxygen atoms in total. The van der Waals surface area contributed by atoms with E-state index in [0.29, 0.717) is 24.1 Å². The molecule has 0 bridgehead atoms. The zero-order valence-electron chi connectivity index (χ0n) is 36.4. The summed E-state index contributed by atoms with van der Waals surface area (Å²) < 4.78 is 0. The number of nitrogens with two attached hydrogens (primary N) is 3. The molecule has 2 aromatic rings. The number of nitrogens with zero attached hydrogens (tertiary/aromatic N) is 2. The molecule has 1 aromatic carbocycles. The largest absolute Gasteiger partial charge is 0.370 e. The lowest BCUT2D eigenvalue weighted by atomic mass is 10.0. The molecule has 9 amide bonds. The van der Waals surface area contributed by atoms with E-state index in [9.17, 15) is 43.2 Å². The van der Waals surface area contributed by atoms with Gasteiger partial charge in [-0.2, -0.15) is 0 Å². The molecule has 1 aliphatic rings. The van der Waals surface area contributed by atoms with Crippen molar-refractivity contribution in [2.75, 3.05) is 13.1 Å². The van der Waals surface area contributed by atoms with Crippen LogP contribution < -0.4 is 59.7 Å². The number of hydrogen-bond acceptors (Lipinski definition) is 11. The average molecular weight is 895 g/mol. The van der Waals surface area contributed by atoms with E-state index in [2.05, 4.69) is 57.5 Å². The van der Waals surface area contributed by atoms with Crippen LogP contribution in [0, 0.1) is 0 Å². The molecule has 0 spiro atoms. The minimum atomic E-state index is -1.41. The van der Waals surface area contributed by atoms with Gasteiger partial charge in [0.05, 0.1) is 6.33 Å². The second-order valence-corrected chi connectivity index (χ2v) is 15.4. The maximum Gasteiger partial charge on any atom is 0.243 e. The number of benzene rings is 1. The van der Waals surface area contributed by atoms with Gasteiger partial charge >= 0.3 is 0 Å². The summed E-state index contributed by atoms with van der Waals surface area (Å²) in [6.45, 7) is 4.37. The highest BCUT2D eigenvalue weighted by Gasteiger charge is 2.34. The summed E-state index contributed by atoms with van der Waals surface area (Å²) in [5.74, 6) is -6.96. The monoisotopic (exact) mass is 894 g/mol. The van der Waals surface area contributed by atoms with E-state index in [1.54, 1.807) is 30.3 Å². The summed E-state index contributed by atoms with van der Waals surface area (Å²) in [5, 5.41) is 21.0. The molecule has 2 heterocycles. The number of aromatic nitrogens is 2. The first-order valence-corrected chi connectivity index (χ1v) is 21.2. The van der Waals surface area contributed by atoms with Gasteiger partial charge in [-0.3, -0.25) is 48.1 Å². The molecule has 7 unspecified atom stereocenters. The molecular formula is C41H62N14O9. The quantitative estimate of drug-likeness (QED) is 0.0421. The minimum absolute atomic E-state index is 0.0457. The first-order valence-electron chi connectivity index (χ1n) is 21.2. The summed E-state index contributed by atoms with van der Waals surface area (Å²) in [6.07, 6.45) is 3.42. The van der Waals surface area contributed by atoms with Crippen LogP contribution in [-0.4, -0.2) is 124 Å². The number of aromatic amines is 1. The number of amides is 9. The Morgan fingerprint density at radius 3 is 2.12 bits per heavy atom. The van der Waals surface area contributed by atoms with Gasteiger partial charge in [0.15, 0.2) is 5.96 Å². The Morgan fingerprint density at radius 1 is 0.844 bits per heavy atom. The van der Waals surface area contributed by atoms with Crippen LogP contribution >= 0.6 is 0 Å². The number of H-pyrrole nitrogens is 1. The van der Waals surface area contributed by atoms with E-state index in [0.717, 1.165) is 0 Å². The normalized spacial score (nSPS) is 21.3. The van der Waals surface area contributed by atoms with Crippen LogP contribution in [-0.2, 0) is 56.0 Å². The molecule has 15 N–H and O–H groups in total. The fourth-order valence-corrected chi connectivity index (χ4v) is 6.58. The molecule has 0 radical (unpaired) electrons. The lowest BCUT2D eigenvalue weighted by molar-refractivity contribution is -0.135. The Kier molecular flexibility index (Phi) is 21.2. The van der Waals surface area contributed by atoms with Crippen molar-refractivity contribution < 1.29 is 43.2 Å². The Balaban J connectivity index is 2.11. The predicted molar refractivity (Wildman–Crippen MR) is 233 cm³/mol. The Morgan fingerprint density at radius 2 is 1.50 bits per heavy atom. The molecule has 1 aromatic heterocycles. The number of carbonyl (C=O) groups is 9.